The largest absolute Gasteiger partial charge is 0.0773 e. The summed E-state index contributed by atoms with van der Waals surface area (Å²) in [4.78, 5) is 0. The first-order chi connectivity index (χ1) is 8.75. The number of rotatable bonds is 0. The second-order valence-electron chi connectivity index (χ2n) is 5.09. The second kappa shape index (κ2) is 5.56. The van der Waals surface area contributed by atoms with Gasteiger partial charge < -0.3 is 0 Å². The van der Waals surface area contributed by atoms with Gasteiger partial charge in [-0.25, -0.2) is 0 Å². The molecule has 0 saturated heterocycles. The Balaban J connectivity index is 0.000000574. The Morgan fingerprint density at radius 1 is 1.11 bits per heavy atom. The van der Waals surface area contributed by atoms with Crippen LogP contribution in [-0.4, -0.2) is 0 Å². The van der Waals surface area contributed by atoms with Crippen LogP contribution >= 0.6 is 0 Å². The SMILES string of the molecule is CC.Cc1ccc2c3c1C=CC(C)C=C3CCC2. The molecule has 2 aliphatic rings. The van der Waals surface area contributed by atoms with E-state index in [1.807, 2.05) is 13.8 Å². The minimum absolute atomic E-state index is 0.577. The fraction of sp³-hybridized carbons (Fsp3) is 0.444. The molecule has 0 aromatic heterocycles. The molecule has 2 aliphatic carbocycles. The Morgan fingerprint density at radius 2 is 1.89 bits per heavy atom. The summed E-state index contributed by atoms with van der Waals surface area (Å²) in [5.74, 6) is 0.577. The van der Waals surface area contributed by atoms with Gasteiger partial charge in [0.1, 0.15) is 0 Å². The maximum atomic E-state index is 2.45. The molecule has 1 atom stereocenters. The first kappa shape index (κ1) is 13.1. The van der Waals surface area contributed by atoms with Crippen LogP contribution in [0.4, 0.5) is 0 Å². The van der Waals surface area contributed by atoms with Crippen LogP contribution in [0.5, 0.6) is 0 Å². The summed E-state index contributed by atoms with van der Waals surface area (Å²) in [6.45, 7) is 8.50. The predicted octanol–water partition coefficient (Wildman–Crippen LogP) is 5.40. The van der Waals surface area contributed by atoms with Crippen molar-refractivity contribution in [3.05, 3.63) is 46.5 Å². The van der Waals surface area contributed by atoms with Crippen molar-refractivity contribution in [1.82, 2.24) is 0 Å². The molecule has 1 aromatic carbocycles. The summed E-state index contributed by atoms with van der Waals surface area (Å²) in [6.07, 6.45) is 10.9. The molecule has 0 heterocycles. The molecule has 18 heavy (non-hydrogen) atoms. The average molecular weight is 240 g/mol. The van der Waals surface area contributed by atoms with Crippen LogP contribution in [-0.2, 0) is 6.42 Å². The topological polar surface area (TPSA) is 0 Å². The summed E-state index contributed by atoms with van der Waals surface area (Å²) in [5.41, 5.74) is 7.56. The van der Waals surface area contributed by atoms with Gasteiger partial charge >= 0.3 is 0 Å². The van der Waals surface area contributed by atoms with E-state index >= 15 is 0 Å². The molecule has 0 N–H and O–H groups in total. The first-order valence-corrected chi connectivity index (χ1v) is 7.27. The van der Waals surface area contributed by atoms with Gasteiger partial charge in [-0.15, -0.1) is 0 Å². The van der Waals surface area contributed by atoms with Gasteiger partial charge in [-0.05, 0) is 59.9 Å². The average Bonchev–Trinajstić information content (AvgIpc) is 2.57. The molecule has 0 fully saturated rings. The highest BCUT2D eigenvalue weighted by Crippen LogP contribution is 2.38. The fourth-order valence-corrected chi connectivity index (χ4v) is 2.95. The van der Waals surface area contributed by atoms with Gasteiger partial charge in [-0.3, -0.25) is 0 Å². The summed E-state index contributed by atoms with van der Waals surface area (Å²) in [7, 11) is 0. The van der Waals surface area contributed by atoms with Crippen LogP contribution < -0.4 is 0 Å². The third-order valence-electron chi connectivity index (χ3n) is 3.79. The zero-order valence-electron chi connectivity index (χ0n) is 12.1. The number of hydrogen-bond donors (Lipinski definition) is 0. The number of hydrogen-bond acceptors (Lipinski definition) is 0. The molecular formula is C18H24. The number of aryl methyl sites for hydroxylation is 2. The van der Waals surface area contributed by atoms with Crippen molar-refractivity contribution in [2.45, 2.75) is 47.0 Å². The molecule has 0 bridgehead atoms. The highest BCUT2D eigenvalue weighted by atomic mass is 14.2. The van der Waals surface area contributed by atoms with Crippen LogP contribution in [0.25, 0.3) is 11.6 Å². The maximum absolute atomic E-state index is 2.45. The van der Waals surface area contributed by atoms with E-state index < -0.39 is 0 Å². The molecule has 3 rings (SSSR count). The zero-order chi connectivity index (χ0) is 13.1. The molecule has 0 spiro atoms. The smallest absolute Gasteiger partial charge is 0.00725 e. The Bertz CT molecular complexity index is 489. The fourth-order valence-electron chi connectivity index (χ4n) is 2.95. The van der Waals surface area contributed by atoms with E-state index in [1.54, 1.807) is 16.7 Å². The Labute approximate surface area is 111 Å². The standard InChI is InChI=1S/C16H18.C2H6/c1-11-6-9-15-12(2)7-8-13-4-3-5-14(10-11)16(13)15;1-2/h6-11H,3-5H2,1-2H3;1-2H3. The van der Waals surface area contributed by atoms with E-state index in [4.69, 9.17) is 0 Å². The van der Waals surface area contributed by atoms with E-state index in [9.17, 15) is 0 Å². The maximum Gasteiger partial charge on any atom is -0.00725 e. The quantitative estimate of drug-likeness (QED) is 0.569. The van der Waals surface area contributed by atoms with Crippen LogP contribution in [0.3, 0.4) is 0 Å². The van der Waals surface area contributed by atoms with Crippen LogP contribution in [0, 0.1) is 12.8 Å². The van der Waals surface area contributed by atoms with Crippen molar-refractivity contribution in [2.75, 3.05) is 0 Å². The summed E-state index contributed by atoms with van der Waals surface area (Å²) >= 11 is 0. The molecule has 0 radical (unpaired) electrons. The van der Waals surface area contributed by atoms with Crippen LogP contribution in [0.15, 0.2) is 24.3 Å². The van der Waals surface area contributed by atoms with E-state index in [0.717, 1.165) is 0 Å². The van der Waals surface area contributed by atoms with Gasteiger partial charge in [0.05, 0.1) is 0 Å². The first-order valence-electron chi connectivity index (χ1n) is 7.27. The van der Waals surface area contributed by atoms with Crippen LogP contribution in [0.1, 0.15) is 55.9 Å². The lowest BCUT2D eigenvalue weighted by Gasteiger charge is -2.22. The lowest BCUT2D eigenvalue weighted by Crippen LogP contribution is -2.05. The molecule has 1 unspecified atom stereocenters. The summed E-state index contributed by atoms with van der Waals surface area (Å²) < 4.78 is 0. The van der Waals surface area contributed by atoms with E-state index in [1.165, 1.54) is 30.4 Å². The lowest BCUT2D eigenvalue weighted by molar-refractivity contribution is 0.813. The second-order valence-corrected chi connectivity index (χ2v) is 5.09. The molecule has 0 nitrogen and oxygen atoms in total. The van der Waals surface area contributed by atoms with Gasteiger partial charge in [0.2, 0.25) is 0 Å². The van der Waals surface area contributed by atoms with Gasteiger partial charge in [0, 0.05) is 0 Å². The van der Waals surface area contributed by atoms with E-state index in [2.05, 4.69) is 44.2 Å². The van der Waals surface area contributed by atoms with Crippen molar-refractivity contribution in [3.63, 3.8) is 0 Å². The van der Waals surface area contributed by atoms with Crippen LogP contribution in [0.2, 0.25) is 0 Å². The minimum Gasteiger partial charge on any atom is -0.0773 e. The van der Waals surface area contributed by atoms with Crippen molar-refractivity contribution < 1.29 is 0 Å². The minimum atomic E-state index is 0.577. The Morgan fingerprint density at radius 3 is 2.67 bits per heavy atom. The highest BCUT2D eigenvalue weighted by molar-refractivity contribution is 5.81. The van der Waals surface area contributed by atoms with Crippen molar-refractivity contribution in [1.29, 1.82) is 0 Å². The molecule has 0 saturated carbocycles. The summed E-state index contributed by atoms with van der Waals surface area (Å²) in [6, 6.07) is 4.60. The van der Waals surface area contributed by atoms with Gasteiger partial charge in [-0.2, -0.15) is 0 Å². The molecule has 0 heteroatoms. The Kier molecular flexibility index (Phi) is 4.06. The predicted molar refractivity (Wildman–Crippen MR) is 81.6 cm³/mol. The number of allylic oxidation sites excluding steroid dienone is 3. The highest BCUT2D eigenvalue weighted by Gasteiger charge is 2.19. The van der Waals surface area contributed by atoms with Crippen molar-refractivity contribution >= 4 is 11.6 Å². The van der Waals surface area contributed by atoms with Crippen molar-refractivity contribution in [3.8, 4) is 0 Å². The van der Waals surface area contributed by atoms with Gasteiger partial charge in [-0.1, -0.05) is 51.1 Å². The Hall–Kier alpha value is -1.30. The molecule has 96 valence electrons. The third-order valence-corrected chi connectivity index (χ3v) is 3.79. The van der Waals surface area contributed by atoms with Gasteiger partial charge in [0.25, 0.3) is 0 Å². The van der Waals surface area contributed by atoms with Gasteiger partial charge in [0.15, 0.2) is 0 Å². The third kappa shape index (κ3) is 2.29. The molecule has 0 aliphatic heterocycles. The van der Waals surface area contributed by atoms with E-state index in [0.29, 0.717) is 5.92 Å². The lowest BCUT2D eigenvalue weighted by atomic mass is 9.83. The van der Waals surface area contributed by atoms with E-state index in [-0.39, 0.29) is 0 Å². The molecule has 1 aromatic rings. The normalized spacial score (nSPS) is 20.2. The zero-order valence-corrected chi connectivity index (χ0v) is 12.1. The monoisotopic (exact) mass is 240 g/mol. The summed E-state index contributed by atoms with van der Waals surface area (Å²) in [5, 5.41) is 0. The number of benzene rings is 1. The molecular weight excluding hydrogens is 216 g/mol. The van der Waals surface area contributed by atoms with Crippen molar-refractivity contribution in [2.24, 2.45) is 5.92 Å². The molecule has 0 amide bonds.